The van der Waals surface area contributed by atoms with E-state index in [0.29, 0.717) is 18.1 Å². The summed E-state index contributed by atoms with van der Waals surface area (Å²) < 4.78 is 5.64. The number of carbonyl (C=O) groups excluding carboxylic acids is 2. The van der Waals surface area contributed by atoms with Gasteiger partial charge in [-0.2, -0.15) is 0 Å². The van der Waals surface area contributed by atoms with Crippen molar-refractivity contribution < 1.29 is 14.3 Å². The van der Waals surface area contributed by atoms with Gasteiger partial charge < -0.3 is 4.74 Å². The molecule has 0 radical (unpaired) electrons. The smallest absolute Gasteiger partial charge is 0.309 e. The van der Waals surface area contributed by atoms with Crippen LogP contribution in [0.2, 0.25) is 0 Å². The summed E-state index contributed by atoms with van der Waals surface area (Å²) in [6.45, 7) is 6.29. The zero-order valence-corrected chi connectivity index (χ0v) is 11.4. The van der Waals surface area contributed by atoms with Crippen molar-refractivity contribution in [3.8, 4) is 0 Å². The van der Waals surface area contributed by atoms with Crippen LogP contribution in [-0.2, 0) is 14.3 Å². The summed E-state index contributed by atoms with van der Waals surface area (Å²) in [6.07, 6.45) is 3.87. The van der Waals surface area contributed by atoms with Gasteiger partial charge in [-0.3, -0.25) is 9.59 Å². The van der Waals surface area contributed by atoms with Gasteiger partial charge in [0, 0.05) is 24.2 Å². The largest absolute Gasteiger partial charge is 0.461 e. The van der Waals surface area contributed by atoms with Crippen molar-refractivity contribution in [3.63, 3.8) is 0 Å². The van der Waals surface area contributed by atoms with Crippen LogP contribution in [0.4, 0.5) is 0 Å². The molecular weight excluding hydrogens is 228 g/mol. The van der Waals surface area contributed by atoms with Crippen molar-refractivity contribution in [2.45, 2.75) is 52.6 Å². The first kappa shape index (κ1) is 12.2. The molecule has 1 saturated heterocycles. The van der Waals surface area contributed by atoms with Crippen LogP contribution in [-0.4, -0.2) is 17.9 Å². The topological polar surface area (TPSA) is 43.4 Å². The van der Waals surface area contributed by atoms with Crippen molar-refractivity contribution in [2.75, 3.05) is 0 Å². The van der Waals surface area contributed by atoms with E-state index in [4.69, 9.17) is 4.74 Å². The van der Waals surface area contributed by atoms with E-state index in [9.17, 15) is 9.59 Å². The molecule has 0 unspecified atom stereocenters. The number of carbonyl (C=O) groups is 2. The van der Waals surface area contributed by atoms with E-state index in [1.54, 1.807) is 0 Å². The zero-order chi connectivity index (χ0) is 13.1. The molecule has 3 rings (SSSR count). The summed E-state index contributed by atoms with van der Waals surface area (Å²) in [5, 5.41) is 0. The maximum atomic E-state index is 12.0. The molecule has 0 aromatic carbocycles. The van der Waals surface area contributed by atoms with E-state index < -0.39 is 0 Å². The third-order valence-corrected chi connectivity index (χ3v) is 5.88. The second kappa shape index (κ2) is 3.82. The van der Waals surface area contributed by atoms with Crippen LogP contribution in [0.15, 0.2) is 0 Å². The lowest BCUT2D eigenvalue weighted by Crippen LogP contribution is -2.52. The average molecular weight is 250 g/mol. The van der Waals surface area contributed by atoms with Gasteiger partial charge in [0.25, 0.3) is 0 Å². The van der Waals surface area contributed by atoms with E-state index in [1.807, 2.05) is 13.8 Å². The van der Waals surface area contributed by atoms with Crippen LogP contribution in [0, 0.1) is 29.1 Å². The van der Waals surface area contributed by atoms with Gasteiger partial charge in [0.1, 0.15) is 11.9 Å². The van der Waals surface area contributed by atoms with Crippen LogP contribution in [0.25, 0.3) is 0 Å². The molecular formula is C15H22O3. The fraction of sp³-hybridized carbons (Fsp3) is 0.867. The monoisotopic (exact) mass is 250 g/mol. The first-order valence-corrected chi connectivity index (χ1v) is 7.17. The molecule has 100 valence electrons. The normalized spacial score (nSPS) is 51.6. The second-order valence-corrected chi connectivity index (χ2v) is 6.83. The maximum Gasteiger partial charge on any atom is 0.309 e. The number of rotatable bonds is 0. The molecule has 3 fully saturated rings. The Morgan fingerprint density at radius 1 is 1.17 bits per heavy atom. The highest BCUT2D eigenvalue weighted by Gasteiger charge is 2.58. The fourth-order valence-corrected chi connectivity index (χ4v) is 4.62. The molecule has 2 aliphatic carbocycles. The zero-order valence-electron chi connectivity index (χ0n) is 11.4. The van der Waals surface area contributed by atoms with Gasteiger partial charge in [-0.15, -0.1) is 0 Å². The van der Waals surface area contributed by atoms with Crippen molar-refractivity contribution in [1.29, 1.82) is 0 Å². The summed E-state index contributed by atoms with van der Waals surface area (Å²) >= 11 is 0. The molecule has 0 bridgehead atoms. The lowest BCUT2D eigenvalue weighted by Gasteiger charge is -2.51. The molecule has 2 saturated carbocycles. The van der Waals surface area contributed by atoms with E-state index in [1.165, 1.54) is 0 Å². The molecule has 6 atom stereocenters. The van der Waals surface area contributed by atoms with E-state index in [-0.39, 0.29) is 35.2 Å². The number of ketones is 1. The number of ether oxygens (including phenoxy) is 1. The standard InChI is InChI=1S/C15H22O3/c1-8-10-4-6-15(3)7-5-11(16)9(2)12(15)13(10)18-14(8)17/h8-10,12-13H,4-7H2,1-3H3/t8-,9-,10-,12-,13+,15-/m0/s1. The fourth-order valence-electron chi connectivity index (χ4n) is 4.62. The Bertz CT molecular complexity index is 403. The van der Waals surface area contributed by atoms with Gasteiger partial charge in [0.05, 0.1) is 5.92 Å². The Morgan fingerprint density at radius 3 is 2.61 bits per heavy atom. The van der Waals surface area contributed by atoms with Gasteiger partial charge in [0.15, 0.2) is 0 Å². The lowest BCUT2D eigenvalue weighted by molar-refractivity contribution is -0.158. The number of hydrogen-bond donors (Lipinski definition) is 0. The lowest BCUT2D eigenvalue weighted by atomic mass is 9.53. The summed E-state index contributed by atoms with van der Waals surface area (Å²) in [5.41, 5.74) is 0.193. The molecule has 3 heteroatoms. The molecule has 0 spiro atoms. The summed E-state index contributed by atoms with van der Waals surface area (Å²) in [5.74, 6) is 0.946. The Balaban J connectivity index is 1.96. The highest BCUT2D eigenvalue weighted by Crippen LogP contribution is 2.56. The first-order valence-electron chi connectivity index (χ1n) is 7.17. The molecule has 3 nitrogen and oxygen atoms in total. The minimum atomic E-state index is -0.0560. The molecule has 0 aromatic rings. The van der Waals surface area contributed by atoms with Gasteiger partial charge >= 0.3 is 5.97 Å². The number of Topliss-reactive ketones (excluding diaryl/α,β-unsaturated/α-hetero) is 1. The highest BCUT2D eigenvalue weighted by molar-refractivity contribution is 5.82. The molecule has 1 aliphatic heterocycles. The van der Waals surface area contributed by atoms with Gasteiger partial charge in [-0.1, -0.05) is 20.8 Å². The molecule has 18 heavy (non-hydrogen) atoms. The predicted molar refractivity (Wildman–Crippen MR) is 66.8 cm³/mol. The SMILES string of the molecule is C[C@@H]1C(=O)O[C@@H]2[C@H]1CC[C@@]1(C)CCC(=O)[C@H](C)[C@@H]21. The second-order valence-electron chi connectivity index (χ2n) is 6.83. The van der Waals surface area contributed by atoms with Crippen LogP contribution in [0.3, 0.4) is 0 Å². The maximum absolute atomic E-state index is 12.0. The van der Waals surface area contributed by atoms with Gasteiger partial charge in [0.2, 0.25) is 0 Å². The Labute approximate surface area is 108 Å². The third-order valence-electron chi connectivity index (χ3n) is 5.88. The summed E-state index contributed by atoms with van der Waals surface area (Å²) in [7, 11) is 0. The van der Waals surface area contributed by atoms with Crippen LogP contribution in [0.5, 0.6) is 0 Å². The number of fused-ring (bicyclic) bond motifs is 3. The van der Waals surface area contributed by atoms with E-state index in [0.717, 1.165) is 19.3 Å². The minimum Gasteiger partial charge on any atom is -0.461 e. The first-order chi connectivity index (χ1) is 8.44. The Kier molecular flexibility index (Phi) is 2.58. The quantitative estimate of drug-likeness (QED) is 0.621. The van der Waals surface area contributed by atoms with Gasteiger partial charge in [-0.05, 0) is 24.7 Å². The molecule has 0 aromatic heterocycles. The van der Waals surface area contributed by atoms with Crippen molar-refractivity contribution >= 4 is 11.8 Å². The average Bonchev–Trinajstić information content (AvgIpc) is 2.60. The predicted octanol–water partition coefficient (Wildman–Crippen LogP) is 2.58. The van der Waals surface area contributed by atoms with Crippen molar-refractivity contribution in [2.24, 2.45) is 29.1 Å². The minimum absolute atomic E-state index is 0.00880. The summed E-state index contributed by atoms with van der Waals surface area (Å²) in [6, 6.07) is 0. The van der Waals surface area contributed by atoms with Crippen molar-refractivity contribution in [1.82, 2.24) is 0 Å². The molecule has 3 aliphatic rings. The molecule has 0 amide bonds. The van der Waals surface area contributed by atoms with E-state index in [2.05, 4.69) is 6.92 Å². The molecule has 0 N–H and O–H groups in total. The van der Waals surface area contributed by atoms with Crippen LogP contribution < -0.4 is 0 Å². The van der Waals surface area contributed by atoms with Crippen LogP contribution in [0.1, 0.15) is 46.5 Å². The van der Waals surface area contributed by atoms with Gasteiger partial charge in [-0.25, -0.2) is 0 Å². The highest BCUT2D eigenvalue weighted by atomic mass is 16.6. The Hall–Kier alpha value is -0.860. The van der Waals surface area contributed by atoms with Crippen molar-refractivity contribution in [3.05, 3.63) is 0 Å². The Morgan fingerprint density at radius 2 is 1.89 bits per heavy atom. The molecule has 1 heterocycles. The number of esters is 1. The third kappa shape index (κ3) is 1.49. The van der Waals surface area contributed by atoms with Crippen LogP contribution >= 0.6 is 0 Å². The van der Waals surface area contributed by atoms with E-state index >= 15 is 0 Å². The summed E-state index contributed by atoms with van der Waals surface area (Å²) in [4.78, 5) is 23.8. The number of hydrogen-bond acceptors (Lipinski definition) is 3.